The zero-order valence-corrected chi connectivity index (χ0v) is 13.2. The number of phenolic OH excluding ortho intramolecular Hbond substituents is 1. The number of piperidine rings is 1. The zero-order chi connectivity index (χ0) is 15.8. The summed E-state index contributed by atoms with van der Waals surface area (Å²) >= 11 is 0. The summed E-state index contributed by atoms with van der Waals surface area (Å²) in [5.41, 5.74) is 5.51. The number of benzene rings is 1. The second kappa shape index (κ2) is 4.26. The number of hydrogen-bond donors (Lipinski definition) is 2. The number of allylic oxidation sites excluding steroid dienone is 2. The number of aldehydes is 1. The van der Waals surface area contributed by atoms with Crippen molar-refractivity contribution >= 4 is 12.0 Å². The van der Waals surface area contributed by atoms with Gasteiger partial charge in [-0.15, -0.1) is 0 Å². The van der Waals surface area contributed by atoms with Crippen LogP contribution in [-0.4, -0.2) is 35.4 Å². The van der Waals surface area contributed by atoms with E-state index in [0.29, 0.717) is 6.04 Å². The Morgan fingerprint density at radius 3 is 3.09 bits per heavy atom. The van der Waals surface area contributed by atoms with Gasteiger partial charge in [0.25, 0.3) is 0 Å². The third-order valence-electron chi connectivity index (χ3n) is 6.45. The summed E-state index contributed by atoms with van der Waals surface area (Å²) < 4.78 is 0. The number of hydrogen-bond acceptors (Lipinski definition) is 4. The Kier molecular flexibility index (Phi) is 2.48. The van der Waals surface area contributed by atoms with Crippen LogP contribution in [-0.2, 0) is 10.2 Å². The highest BCUT2D eigenvalue weighted by molar-refractivity contribution is 5.85. The molecule has 1 aromatic carbocycles. The molecule has 4 aliphatic rings. The minimum Gasteiger partial charge on any atom is -0.508 e. The second-order valence-electron chi connectivity index (χ2n) is 7.16. The van der Waals surface area contributed by atoms with Crippen molar-refractivity contribution in [3.05, 3.63) is 46.7 Å². The molecule has 0 amide bonds. The molecule has 1 aromatic rings. The van der Waals surface area contributed by atoms with Gasteiger partial charge in [0.2, 0.25) is 0 Å². The number of rotatable bonds is 1. The van der Waals surface area contributed by atoms with Crippen LogP contribution in [0.4, 0.5) is 5.69 Å². The molecule has 0 saturated carbocycles. The van der Waals surface area contributed by atoms with Gasteiger partial charge in [0.1, 0.15) is 12.0 Å². The normalized spacial score (nSPS) is 36.0. The maximum absolute atomic E-state index is 12.0. The lowest BCUT2D eigenvalue weighted by atomic mass is 9.62. The highest BCUT2D eigenvalue weighted by Gasteiger charge is 2.61. The van der Waals surface area contributed by atoms with E-state index in [2.05, 4.69) is 23.2 Å². The molecular weight excluding hydrogens is 288 g/mol. The topological polar surface area (TPSA) is 52.6 Å². The van der Waals surface area contributed by atoms with Crippen LogP contribution in [0.25, 0.3) is 0 Å². The predicted molar refractivity (Wildman–Crippen MR) is 88.3 cm³/mol. The Hall–Kier alpha value is -2.07. The van der Waals surface area contributed by atoms with Gasteiger partial charge in [0.15, 0.2) is 0 Å². The lowest BCUT2D eigenvalue weighted by Gasteiger charge is -2.48. The van der Waals surface area contributed by atoms with Crippen LogP contribution < -0.4 is 5.32 Å². The molecule has 2 fully saturated rings. The van der Waals surface area contributed by atoms with Crippen LogP contribution in [0.2, 0.25) is 0 Å². The maximum Gasteiger partial charge on any atom is 0.148 e. The van der Waals surface area contributed by atoms with Gasteiger partial charge in [-0.1, -0.05) is 17.7 Å². The van der Waals surface area contributed by atoms with Gasteiger partial charge in [0, 0.05) is 48.1 Å². The van der Waals surface area contributed by atoms with Crippen molar-refractivity contribution in [3.8, 4) is 5.75 Å². The quantitative estimate of drug-likeness (QED) is 0.618. The van der Waals surface area contributed by atoms with Crippen LogP contribution in [0.1, 0.15) is 25.3 Å². The molecule has 23 heavy (non-hydrogen) atoms. The van der Waals surface area contributed by atoms with Crippen molar-refractivity contribution in [2.75, 3.05) is 18.4 Å². The minimum atomic E-state index is -0.0882. The van der Waals surface area contributed by atoms with Crippen LogP contribution in [0.15, 0.2) is 41.1 Å². The molecule has 3 atom stereocenters. The van der Waals surface area contributed by atoms with E-state index < -0.39 is 0 Å². The molecule has 5 rings (SSSR count). The Balaban J connectivity index is 1.81. The monoisotopic (exact) mass is 308 g/mol. The van der Waals surface area contributed by atoms with E-state index >= 15 is 0 Å². The number of phenols is 1. The molecule has 4 nitrogen and oxygen atoms in total. The van der Waals surface area contributed by atoms with Crippen LogP contribution in [0.5, 0.6) is 5.75 Å². The van der Waals surface area contributed by atoms with E-state index in [1.54, 1.807) is 12.1 Å². The number of aromatic hydroxyl groups is 1. The highest BCUT2D eigenvalue weighted by Crippen LogP contribution is 2.61. The first-order valence-electron chi connectivity index (χ1n) is 8.38. The molecule has 2 saturated heterocycles. The van der Waals surface area contributed by atoms with Crippen molar-refractivity contribution in [2.45, 2.75) is 31.2 Å². The fraction of sp³-hybridized carbons (Fsp3) is 0.421. The number of nitrogens with zero attached hydrogens (tertiary/aromatic N) is 1. The maximum atomic E-state index is 12.0. The molecule has 0 aromatic heterocycles. The third kappa shape index (κ3) is 1.43. The van der Waals surface area contributed by atoms with E-state index in [1.165, 1.54) is 11.1 Å². The number of carbonyl (C=O) groups is 1. The van der Waals surface area contributed by atoms with Crippen molar-refractivity contribution in [1.29, 1.82) is 0 Å². The van der Waals surface area contributed by atoms with Crippen molar-refractivity contribution in [3.63, 3.8) is 0 Å². The first kappa shape index (κ1) is 13.4. The molecule has 0 unspecified atom stereocenters. The first-order chi connectivity index (χ1) is 11.2. The summed E-state index contributed by atoms with van der Waals surface area (Å²) in [6, 6.07) is 6.06. The van der Waals surface area contributed by atoms with Gasteiger partial charge in [0.05, 0.1) is 5.41 Å². The first-order valence-corrected chi connectivity index (χ1v) is 8.38. The second-order valence-corrected chi connectivity index (χ2v) is 7.16. The molecule has 1 aliphatic carbocycles. The van der Waals surface area contributed by atoms with Gasteiger partial charge >= 0.3 is 0 Å². The standard InChI is InChI=1S/C19H20N2O2/c1-2-11-9-21-6-5-19-15-4-3-12(23)7-16(15)20-18(19)14(10-22)13(11)8-17(19)21/h2-4,7,10,13,17,20,23H,5-6,8-9H2,1H3/t13-,17-,19-/m0/s1. The molecular formula is C19H20N2O2. The van der Waals surface area contributed by atoms with E-state index in [0.717, 1.165) is 49.2 Å². The van der Waals surface area contributed by atoms with Crippen LogP contribution in [0.3, 0.4) is 0 Å². The summed E-state index contributed by atoms with van der Waals surface area (Å²) in [4.78, 5) is 14.5. The van der Waals surface area contributed by atoms with E-state index in [4.69, 9.17) is 0 Å². The zero-order valence-electron chi connectivity index (χ0n) is 13.2. The van der Waals surface area contributed by atoms with Crippen molar-refractivity contribution in [2.24, 2.45) is 5.92 Å². The van der Waals surface area contributed by atoms with Crippen molar-refractivity contribution in [1.82, 2.24) is 4.90 Å². The van der Waals surface area contributed by atoms with Crippen LogP contribution in [0, 0.1) is 5.92 Å². The predicted octanol–water partition coefficient (Wildman–Crippen LogP) is 2.56. The molecule has 0 radical (unpaired) electrons. The average Bonchev–Trinajstić information content (AvgIpc) is 3.10. The minimum absolute atomic E-state index is 0.0882. The van der Waals surface area contributed by atoms with Gasteiger partial charge in [-0.2, -0.15) is 0 Å². The summed E-state index contributed by atoms with van der Waals surface area (Å²) in [5.74, 6) is 0.516. The lowest BCUT2D eigenvalue weighted by Crippen LogP contribution is -2.52. The van der Waals surface area contributed by atoms with Gasteiger partial charge in [-0.05, 0) is 31.4 Å². The van der Waals surface area contributed by atoms with Crippen molar-refractivity contribution < 1.29 is 9.90 Å². The summed E-state index contributed by atoms with van der Waals surface area (Å²) in [5, 5.41) is 13.3. The Labute approximate surface area is 135 Å². The summed E-state index contributed by atoms with van der Waals surface area (Å²) in [7, 11) is 0. The molecule has 1 spiro atoms. The molecule has 118 valence electrons. The fourth-order valence-corrected chi connectivity index (χ4v) is 5.49. The largest absolute Gasteiger partial charge is 0.508 e. The van der Waals surface area contributed by atoms with Crippen LogP contribution >= 0.6 is 0 Å². The number of carbonyl (C=O) groups excluding carboxylic acids is 1. The summed E-state index contributed by atoms with van der Waals surface area (Å²) in [6.45, 7) is 4.12. The molecule has 4 heteroatoms. The summed E-state index contributed by atoms with van der Waals surface area (Å²) in [6.07, 6.45) is 5.32. The van der Waals surface area contributed by atoms with E-state index in [9.17, 15) is 9.90 Å². The molecule has 2 N–H and O–H groups in total. The van der Waals surface area contributed by atoms with E-state index in [-0.39, 0.29) is 17.1 Å². The SMILES string of the molecule is CC=C1CN2CC[C@@]34C(=C(C=O)[C@H]1C[C@H]23)Nc1cc(O)ccc14. The highest BCUT2D eigenvalue weighted by atomic mass is 16.3. The molecule has 3 aliphatic heterocycles. The smallest absolute Gasteiger partial charge is 0.148 e. The molecule has 2 bridgehead atoms. The fourth-order valence-electron chi connectivity index (χ4n) is 5.49. The lowest BCUT2D eigenvalue weighted by molar-refractivity contribution is -0.105. The van der Waals surface area contributed by atoms with E-state index in [1.807, 2.05) is 6.07 Å². The number of nitrogens with one attached hydrogen (secondary N) is 1. The average molecular weight is 308 g/mol. The van der Waals surface area contributed by atoms with Gasteiger partial charge in [-0.25, -0.2) is 0 Å². The van der Waals surface area contributed by atoms with Gasteiger partial charge in [-0.3, -0.25) is 9.69 Å². The Morgan fingerprint density at radius 2 is 2.30 bits per heavy atom. The third-order valence-corrected chi connectivity index (χ3v) is 6.45. The Bertz CT molecular complexity index is 795. The Morgan fingerprint density at radius 1 is 1.43 bits per heavy atom. The number of fused-ring (bicyclic) bond motifs is 2. The molecule has 3 heterocycles. The number of anilines is 1. The van der Waals surface area contributed by atoms with Gasteiger partial charge < -0.3 is 10.4 Å².